The number of hydrogen-bond donors (Lipinski definition) is 0. The Hall–Kier alpha value is -2.05. The molecule has 0 amide bonds. The molecule has 1 saturated heterocycles. The maximum absolute atomic E-state index is 5.55. The van der Waals surface area contributed by atoms with Gasteiger partial charge >= 0.3 is 0 Å². The van der Waals surface area contributed by atoms with Crippen molar-refractivity contribution in [1.29, 1.82) is 0 Å². The van der Waals surface area contributed by atoms with Gasteiger partial charge in [0.1, 0.15) is 22.5 Å². The fraction of sp³-hybridized carbons (Fsp3) is 0.500. The van der Waals surface area contributed by atoms with Crippen molar-refractivity contribution in [3.63, 3.8) is 0 Å². The maximum atomic E-state index is 5.55. The summed E-state index contributed by atoms with van der Waals surface area (Å²) in [6, 6.07) is 3.69. The van der Waals surface area contributed by atoms with Gasteiger partial charge in [-0.3, -0.25) is 0 Å². The number of hydroxylamine groups is 2. The molecule has 1 aliphatic rings. The molecule has 3 heterocycles. The molecule has 0 aliphatic carbocycles. The molecule has 2 aromatic heterocycles. The maximum Gasteiger partial charge on any atom is 0.223 e. The Morgan fingerprint density at radius 1 is 0.889 bits per heavy atom. The molecule has 200 valence electrons. The summed E-state index contributed by atoms with van der Waals surface area (Å²) in [6.45, 7) is 13.1. The van der Waals surface area contributed by atoms with Crippen LogP contribution in [0.15, 0.2) is 53.3 Å². The zero-order chi connectivity index (χ0) is 27.0. The molecule has 0 radical (unpaired) electrons. The van der Waals surface area contributed by atoms with Gasteiger partial charge in [0.2, 0.25) is 5.28 Å². The van der Waals surface area contributed by atoms with Crippen LogP contribution in [0.5, 0.6) is 0 Å². The molecule has 1 aliphatic heterocycles. The van der Waals surface area contributed by atoms with E-state index in [1.807, 2.05) is 66.2 Å². The molecule has 0 saturated carbocycles. The smallest absolute Gasteiger partial charge is 0.223 e. The normalized spacial score (nSPS) is 15.8. The van der Waals surface area contributed by atoms with Crippen LogP contribution in [-0.2, 0) is 19.1 Å². The lowest BCUT2D eigenvalue weighted by molar-refractivity contribution is -0.293. The highest BCUT2D eigenvalue weighted by atomic mass is 35.5. The highest BCUT2D eigenvalue weighted by Gasteiger charge is 2.49. The zero-order valence-electron chi connectivity index (χ0n) is 22.1. The van der Waals surface area contributed by atoms with Crippen molar-refractivity contribution in [1.82, 2.24) is 25.2 Å². The van der Waals surface area contributed by atoms with Gasteiger partial charge < -0.3 is 9.47 Å². The van der Waals surface area contributed by atoms with E-state index in [0.717, 1.165) is 10.1 Å². The largest absolute Gasteiger partial charge is 0.501 e. The summed E-state index contributed by atoms with van der Waals surface area (Å²) in [5.74, 6) is 0.681. The summed E-state index contributed by atoms with van der Waals surface area (Å²) in [6.07, 6.45) is 13.8. The predicted octanol–water partition coefficient (Wildman–Crippen LogP) is 6.29. The van der Waals surface area contributed by atoms with Crippen LogP contribution in [0.3, 0.4) is 0 Å². The van der Waals surface area contributed by atoms with E-state index in [1.54, 1.807) is 60.7 Å². The van der Waals surface area contributed by atoms with Crippen LogP contribution in [0, 0.1) is 0 Å². The minimum Gasteiger partial charge on any atom is -0.501 e. The molecule has 0 atom stereocenters. The minimum atomic E-state index is -0.344. The molecule has 3 rings (SSSR count). The Bertz CT molecular complexity index is 948. The van der Waals surface area contributed by atoms with Gasteiger partial charge in [-0.2, -0.15) is 0 Å². The number of halogens is 1. The molecule has 0 spiro atoms. The van der Waals surface area contributed by atoms with Gasteiger partial charge in [-0.15, -0.1) is 28.8 Å². The Morgan fingerprint density at radius 3 is 1.92 bits per heavy atom. The Labute approximate surface area is 228 Å². The standard InChI is InChI=1S/C10H19NO3.C9H12N2OS.C5H5ClN2S/c1-6-12-8-7-11-13-9(2,3)10(4,5)14-11;1-3-12-7-5-8-10-6-4-9(11-8)13-2;1-9-4-2-3-7-5(6)8-4/h7-8H,6H2,1-5H3;4-7H,3H2,1-2H3;2-3H,1H3/b8-7+;7-5+;. The van der Waals surface area contributed by atoms with E-state index >= 15 is 0 Å². The lowest BCUT2D eigenvalue weighted by Gasteiger charge is -2.26. The molecule has 0 bridgehead atoms. The topological polar surface area (TPSA) is 91.7 Å². The Kier molecular flexibility index (Phi) is 14.8. The fourth-order valence-corrected chi connectivity index (χ4v) is 3.08. The number of rotatable bonds is 8. The summed E-state index contributed by atoms with van der Waals surface area (Å²) in [5.41, 5.74) is -0.687. The summed E-state index contributed by atoms with van der Waals surface area (Å²) >= 11 is 8.63. The average Bonchev–Trinajstić information content (AvgIpc) is 3.06. The molecule has 0 unspecified atom stereocenters. The molecular formula is C24H36ClN5O4S2. The SMILES string of the molecule is CCO/C=C/N1OC(C)(C)C(C)(C)O1.CCO/C=C/c1nccc(SC)n1.CSc1ccnc(Cl)n1. The van der Waals surface area contributed by atoms with Gasteiger partial charge in [-0.1, -0.05) is 0 Å². The second-order valence-electron chi connectivity index (χ2n) is 7.81. The second kappa shape index (κ2) is 16.6. The highest BCUT2D eigenvalue weighted by Crippen LogP contribution is 2.37. The molecule has 0 N–H and O–H groups in total. The first-order valence-corrected chi connectivity index (χ1v) is 14.0. The van der Waals surface area contributed by atoms with Crippen LogP contribution in [0.2, 0.25) is 5.28 Å². The van der Waals surface area contributed by atoms with Crippen LogP contribution in [0.25, 0.3) is 6.08 Å². The van der Waals surface area contributed by atoms with E-state index in [2.05, 4.69) is 19.9 Å². The molecule has 1 fully saturated rings. The fourth-order valence-electron chi connectivity index (χ4n) is 2.13. The molecule has 0 aromatic carbocycles. The van der Waals surface area contributed by atoms with Gasteiger partial charge in [0.25, 0.3) is 0 Å². The average molecular weight is 558 g/mol. The molecule has 12 heteroatoms. The Morgan fingerprint density at radius 2 is 1.42 bits per heavy atom. The van der Waals surface area contributed by atoms with Crippen molar-refractivity contribution in [2.75, 3.05) is 25.7 Å². The summed E-state index contributed by atoms with van der Waals surface area (Å²) in [4.78, 5) is 27.1. The third-order valence-corrected chi connectivity index (χ3v) is 6.15. The van der Waals surface area contributed by atoms with Crippen LogP contribution >= 0.6 is 35.1 Å². The summed E-state index contributed by atoms with van der Waals surface area (Å²) in [5, 5.41) is 3.51. The van der Waals surface area contributed by atoms with Gasteiger partial charge in [-0.25, -0.2) is 29.6 Å². The molecule has 9 nitrogen and oxygen atoms in total. The number of thioether (sulfide) groups is 2. The predicted molar refractivity (Wildman–Crippen MR) is 146 cm³/mol. The third-order valence-electron chi connectivity index (χ3n) is 4.68. The van der Waals surface area contributed by atoms with Crippen molar-refractivity contribution >= 4 is 41.2 Å². The van der Waals surface area contributed by atoms with E-state index in [-0.39, 0.29) is 11.2 Å². The number of aromatic nitrogens is 4. The first-order chi connectivity index (χ1) is 17.1. The van der Waals surface area contributed by atoms with Crippen LogP contribution in [0.4, 0.5) is 0 Å². The molecule has 2 aromatic rings. The quantitative estimate of drug-likeness (QED) is 0.159. The van der Waals surface area contributed by atoms with Crippen molar-refractivity contribution in [3.8, 4) is 0 Å². The summed E-state index contributed by atoms with van der Waals surface area (Å²) in [7, 11) is 0. The first kappa shape index (κ1) is 32.0. The third kappa shape index (κ3) is 11.8. The van der Waals surface area contributed by atoms with E-state index in [4.69, 9.17) is 30.7 Å². The zero-order valence-corrected chi connectivity index (χ0v) is 24.5. The van der Waals surface area contributed by atoms with Crippen LogP contribution < -0.4 is 0 Å². The van der Waals surface area contributed by atoms with Gasteiger partial charge in [0.15, 0.2) is 5.82 Å². The number of nitrogens with zero attached hydrogens (tertiary/aromatic N) is 5. The van der Waals surface area contributed by atoms with E-state index in [9.17, 15) is 0 Å². The summed E-state index contributed by atoms with van der Waals surface area (Å²) < 4.78 is 10.1. The lowest BCUT2D eigenvalue weighted by atomic mass is 9.90. The molecule has 36 heavy (non-hydrogen) atoms. The van der Waals surface area contributed by atoms with Gasteiger partial charge in [-0.05, 0) is 77.8 Å². The van der Waals surface area contributed by atoms with E-state index in [1.165, 1.54) is 5.23 Å². The van der Waals surface area contributed by atoms with Crippen molar-refractivity contribution in [2.45, 2.75) is 62.8 Å². The van der Waals surface area contributed by atoms with Crippen molar-refractivity contribution in [2.24, 2.45) is 0 Å². The minimum absolute atomic E-state index is 0.307. The Balaban J connectivity index is 0.000000276. The van der Waals surface area contributed by atoms with Gasteiger partial charge in [0, 0.05) is 18.5 Å². The lowest BCUT2D eigenvalue weighted by Crippen LogP contribution is -2.41. The number of hydrogen-bond acceptors (Lipinski definition) is 11. The van der Waals surface area contributed by atoms with Gasteiger partial charge in [0.05, 0.1) is 30.7 Å². The monoisotopic (exact) mass is 557 g/mol. The van der Waals surface area contributed by atoms with Crippen LogP contribution in [-0.4, -0.2) is 62.1 Å². The van der Waals surface area contributed by atoms with Crippen LogP contribution in [0.1, 0.15) is 47.4 Å². The van der Waals surface area contributed by atoms with E-state index < -0.39 is 0 Å². The second-order valence-corrected chi connectivity index (χ2v) is 9.80. The van der Waals surface area contributed by atoms with E-state index in [0.29, 0.717) is 24.3 Å². The first-order valence-electron chi connectivity index (χ1n) is 11.2. The van der Waals surface area contributed by atoms with Crippen molar-refractivity contribution < 1.29 is 19.1 Å². The number of ether oxygens (including phenoxy) is 2. The molecular weight excluding hydrogens is 522 g/mol. The highest BCUT2D eigenvalue weighted by molar-refractivity contribution is 7.98. The van der Waals surface area contributed by atoms with Crippen molar-refractivity contribution in [3.05, 3.63) is 54.4 Å².